The molecule has 1 aromatic carbocycles. The third kappa shape index (κ3) is 4.98. The van der Waals surface area contributed by atoms with Crippen molar-refractivity contribution >= 4 is 11.6 Å². The molecule has 98 valence electrons. The lowest BCUT2D eigenvalue weighted by Crippen LogP contribution is -2.10. The summed E-state index contributed by atoms with van der Waals surface area (Å²) in [6, 6.07) is 4.50. The van der Waals surface area contributed by atoms with E-state index in [-0.39, 0.29) is 11.7 Å². The third-order valence-corrected chi connectivity index (χ3v) is 2.94. The number of hydrogen-bond donors (Lipinski definition) is 0. The van der Waals surface area contributed by atoms with Crippen LogP contribution in [0.4, 0.5) is 4.39 Å². The van der Waals surface area contributed by atoms with Crippen LogP contribution in [0, 0.1) is 23.6 Å². The fourth-order valence-electron chi connectivity index (χ4n) is 1.59. The summed E-state index contributed by atoms with van der Waals surface area (Å²) in [5.41, 5.74) is 0.593. The minimum atomic E-state index is -0.337. The van der Waals surface area contributed by atoms with Gasteiger partial charge in [0.15, 0.2) is 0 Å². The Labute approximate surface area is 113 Å². The monoisotopic (exact) mass is 268 g/mol. The molecule has 0 spiro atoms. The zero-order valence-corrected chi connectivity index (χ0v) is 11.6. The highest BCUT2D eigenvalue weighted by Gasteiger charge is 2.06. The second-order valence-electron chi connectivity index (χ2n) is 4.10. The van der Waals surface area contributed by atoms with Crippen LogP contribution < -0.4 is 4.74 Å². The molecule has 0 saturated heterocycles. The van der Waals surface area contributed by atoms with Crippen molar-refractivity contribution in [3.63, 3.8) is 0 Å². The molecule has 0 saturated carbocycles. The Morgan fingerprint density at radius 3 is 2.61 bits per heavy atom. The van der Waals surface area contributed by atoms with Gasteiger partial charge in [-0.15, -0.1) is 11.6 Å². The largest absolute Gasteiger partial charge is 0.493 e. The molecule has 0 heterocycles. The summed E-state index contributed by atoms with van der Waals surface area (Å²) in [6.07, 6.45) is 2.12. The van der Waals surface area contributed by atoms with Crippen LogP contribution in [0.15, 0.2) is 18.2 Å². The minimum absolute atomic E-state index is 0.237. The Hall–Kier alpha value is -1.20. The first-order valence-electron chi connectivity index (χ1n) is 6.17. The molecule has 0 aliphatic carbocycles. The van der Waals surface area contributed by atoms with E-state index >= 15 is 0 Å². The number of hydrogen-bond acceptors (Lipinski definition) is 1. The first-order valence-corrected chi connectivity index (χ1v) is 6.71. The molecule has 0 aliphatic rings. The predicted octanol–water partition coefficient (Wildman–Crippen LogP) is 4.23. The molecule has 0 fully saturated rings. The molecule has 3 heteroatoms. The van der Waals surface area contributed by atoms with Crippen molar-refractivity contribution in [2.75, 3.05) is 12.5 Å². The lowest BCUT2D eigenvalue weighted by molar-refractivity contribution is 0.239. The lowest BCUT2D eigenvalue weighted by atomic mass is 10.1. The Kier molecular flexibility index (Phi) is 6.60. The topological polar surface area (TPSA) is 9.23 Å². The Balaban J connectivity index is 2.73. The van der Waals surface area contributed by atoms with Crippen molar-refractivity contribution in [3.8, 4) is 17.6 Å². The maximum Gasteiger partial charge on any atom is 0.128 e. The van der Waals surface area contributed by atoms with Gasteiger partial charge >= 0.3 is 0 Å². The van der Waals surface area contributed by atoms with Gasteiger partial charge in [0.2, 0.25) is 0 Å². The smallest absolute Gasteiger partial charge is 0.128 e. The van der Waals surface area contributed by atoms with Gasteiger partial charge < -0.3 is 4.74 Å². The van der Waals surface area contributed by atoms with Crippen LogP contribution >= 0.6 is 11.6 Å². The molecule has 1 nitrogen and oxygen atoms in total. The summed E-state index contributed by atoms with van der Waals surface area (Å²) < 4.78 is 19.0. The van der Waals surface area contributed by atoms with E-state index in [1.807, 2.05) is 0 Å². The average molecular weight is 269 g/mol. The van der Waals surface area contributed by atoms with Gasteiger partial charge in [-0.2, -0.15) is 0 Å². The molecule has 1 aromatic rings. The molecule has 0 aliphatic heterocycles. The molecular formula is C15H18ClFO. The molecule has 0 atom stereocenters. The third-order valence-electron chi connectivity index (χ3n) is 2.81. The fourth-order valence-corrected chi connectivity index (χ4v) is 1.66. The van der Waals surface area contributed by atoms with Gasteiger partial charge in [0, 0.05) is 11.6 Å². The molecule has 0 aromatic heterocycles. The van der Waals surface area contributed by atoms with E-state index < -0.39 is 0 Å². The minimum Gasteiger partial charge on any atom is -0.493 e. The molecule has 0 radical (unpaired) electrons. The highest BCUT2D eigenvalue weighted by Crippen LogP contribution is 2.18. The fraction of sp³-hybridized carbons (Fsp3) is 0.467. The van der Waals surface area contributed by atoms with Crippen LogP contribution in [0.5, 0.6) is 5.75 Å². The number of ether oxygens (including phenoxy) is 1. The maximum absolute atomic E-state index is 13.4. The van der Waals surface area contributed by atoms with Gasteiger partial charge in [-0.25, -0.2) is 4.39 Å². The van der Waals surface area contributed by atoms with Crippen molar-refractivity contribution in [2.45, 2.75) is 26.7 Å². The summed E-state index contributed by atoms with van der Waals surface area (Å²) in [7, 11) is 0. The van der Waals surface area contributed by atoms with Crippen LogP contribution in [0.25, 0.3) is 0 Å². The van der Waals surface area contributed by atoms with Gasteiger partial charge in [-0.05, 0) is 18.1 Å². The Morgan fingerprint density at radius 1 is 1.28 bits per heavy atom. The summed E-state index contributed by atoms with van der Waals surface area (Å²) >= 11 is 5.47. The van der Waals surface area contributed by atoms with Gasteiger partial charge in [0.05, 0.1) is 12.5 Å². The van der Waals surface area contributed by atoms with E-state index in [0.717, 1.165) is 12.8 Å². The normalized spacial score (nSPS) is 10.1. The van der Waals surface area contributed by atoms with E-state index in [0.29, 0.717) is 23.8 Å². The van der Waals surface area contributed by atoms with Gasteiger partial charge in [0.25, 0.3) is 0 Å². The lowest BCUT2D eigenvalue weighted by Gasteiger charge is -2.13. The maximum atomic E-state index is 13.4. The number of halogens is 2. The number of alkyl halides is 1. The SMILES string of the molecule is CCC(CC)COc1cc(F)cc(C#CCCl)c1. The zero-order valence-electron chi connectivity index (χ0n) is 10.8. The molecule has 1 rings (SSSR count). The van der Waals surface area contributed by atoms with E-state index in [2.05, 4.69) is 25.7 Å². The summed E-state index contributed by atoms with van der Waals surface area (Å²) in [4.78, 5) is 0. The quantitative estimate of drug-likeness (QED) is 0.574. The van der Waals surface area contributed by atoms with E-state index in [9.17, 15) is 4.39 Å². The van der Waals surface area contributed by atoms with Gasteiger partial charge in [-0.1, -0.05) is 38.5 Å². The highest BCUT2D eigenvalue weighted by atomic mass is 35.5. The van der Waals surface area contributed by atoms with Crippen LogP contribution in [-0.4, -0.2) is 12.5 Å². The standard InChI is InChI=1S/C15H18ClFO/c1-3-12(4-2)11-18-15-9-13(6-5-7-16)8-14(17)10-15/h8-10,12H,3-4,7,11H2,1-2H3. The second-order valence-corrected chi connectivity index (χ2v) is 4.37. The molecular weight excluding hydrogens is 251 g/mol. The number of rotatable bonds is 5. The van der Waals surface area contributed by atoms with Crippen molar-refractivity contribution in [2.24, 2.45) is 5.92 Å². The van der Waals surface area contributed by atoms with Crippen molar-refractivity contribution in [1.82, 2.24) is 0 Å². The number of benzene rings is 1. The van der Waals surface area contributed by atoms with Gasteiger partial charge in [-0.3, -0.25) is 0 Å². The highest BCUT2D eigenvalue weighted by molar-refractivity contribution is 6.19. The summed E-state index contributed by atoms with van der Waals surface area (Å²) in [5, 5.41) is 0. The predicted molar refractivity (Wildman–Crippen MR) is 73.6 cm³/mol. The molecule has 18 heavy (non-hydrogen) atoms. The average Bonchev–Trinajstić information content (AvgIpc) is 2.37. The van der Waals surface area contributed by atoms with Crippen LogP contribution in [0.2, 0.25) is 0 Å². The van der Waals surface area contributed by atoms with Gasteiger partial charge in [0.1, 0.15) is 11.6 Å². The van der Waals surface area contributed by atoms with Crippen molar-refractivity contribution in [3.05, 3.63) is 29.6 Å². The Bertz CT molecular complexity index is 430. The zero-order chi connectivity index (χ0) is 13.4. The van der Waals surface area contributed by atoms with E-state index in [1.54, 1.807) is 6.07 Å². The van der Waals surface area contributed by atoms with Crippen molar-refractivity contribution in [1.29, 1.82) is 0 Å². The van der Waals surface area contributed by atoms with E-state index in [4.69, 9.17) is 16.3 Å². The van der Waals surface area contributed by atoms with Crippen LogP contribution in [0.1, 0.15) is 32.3 Å². The van der Waals surface area contributed by atoms with Crippen LogP contribution in [-0.2, 0) is 0 Å². The summed E-state index contributed by atoms with van der Waals surface area (Å²) in [5.74, 6) is 6.42. The Morgan fingerprint density at radius 2 is 2.00 bits per heavy atom. The summed E-state index contributed by atoms with van der Waals surface area (Å²) in [6.45, 7) is 4.86. The molecule has 0 bridgehead atoms. The molecule has 0 unspecified atom stereocenters. The molecule has 0 N–H and O–H groups in total. The first kappa shape index (κ1) is 14.9. The van der Waals surface area contributed by atoms with Crippen LogP contribution in [0.3, 0.4) is 0 Å². The molecule has 0 amide bonds. The van der Waals surface area contributed by atoms with Crippen molar-refractivity contribution < 1.29 is 9.13 Å². The first-order chi connectivity index (χ1) is 8.69. The second kappa shape index (κ2) is 8.00. The van der Waals surface area contributed by atoms with E-state index in [1.165, 1.54) is 12.1 Å².